The molecule has 0 aliphatic carbocycles. The summed E-state index contributed by atoms with van der Waals surface area (Å²) in [5.41, 5.74) is 1.68. The van der Waals surface area contributed by atoms with Crippen LogP contribution in [-0.2, 0) is 21.3 Å². The van der Waals surface area contributed by atoms with Crippen LogP contribution in [0, 0.1) is 0 Å². The quantitative estimate of drug-likeness (QED) is 0.338. The number of nitrogens with one attached hydrogen (secondary N) is 1. The van der Waals surface area contributed by atoms with E-state index in [1.54, 1.807) is 24.3 Å². The fourth-order valence-corrected chi connectivity index (χ4v) is 5.54. The Hall–Kier alpha value is -3.47. The van der Waals surface area contributed by atoms with Crippen LogP contribution in [0.4, 0.5) is 5.69 Å². The molecular formula is C25H25N3O5S2. The number of rotatable bonds is 9. The van der Waals surface area contributed by atoms with E-state index in [-0.39, 0.29) is 4.90 Å². The Morgan fingerprint density at radius 2 is 1.74 bits per heavy atom. The molecule has 0 saturated heterocycles. The van der Waals surface area contributed by atoms with Crippen LogP contribution in [0.25, 0.3) is 10.2 Å². The van der Waals surface area contributed by atoms with Gasteiger partial charge in [-0.25, -0.2) is 8.42 Å². The molecule has 10 heteroatoms. The van der Waals surface area contributed by atoms with Crippen molar-refractivity contribution >= 4 is 43.2 Å². The summed E-state index contributed by atoms with van der Waals surface area (Å²) in [4.78, 5) is 17.9. The van der Waals surface area contributed by atoms with Gasteiger partial charge in [-0.15, -0.1) is 0 Å². The highest BCUT2D eigenvalue weighted by atomic mass is 32.2. The molecule has 0 unspecified atom stereocenters. The summed E-state index contributed by atoms with van der Waals surface area (Å²) in [7, 11) is -2.27. The number of carbonyl (C=O) groups excluding carboxylic acids is 1. The molecule has 1 heterocycles. The lowest BCUT2D eigenvalue weighted by Gasteiger charge is -2.09. The van der Waals surface area contributed by atoms with Crippen LogP contribution in [0.1, 0.15) is 17.3 Å². The van der Waals surface area contributed by atoms with Crippen molar-refractivity contribution in [2.45, 2.75) is 18.4 Å². The molecule has 0 saturated carbocycles. The molecule has 0 spiro atoms. The first kappa shape index (κ1) is 24.6. The number of sulfonamides is 1. The highest BCUT2D eigenvalue weighted by molar-refractivity contribution is 7.92. The monoisotopic (exact) mass is 511 g/mol. The van der Waals surface area contributed by atoms with Gasteiger partial charge < -0.3 is 14.0 Å². The van der Waals surface area contributed by atoms with Crippen LogP contribution >= 0.6 is 11.3 Å². The zero-order valence-electron chi connectivity index (χ0n) is 19.3. The fourth-order valence-electron chi connectivity index (χ4n) is 3.42. The van der Waals surface area contributed by atoms with Crippen LogP contribution in [0.15, 0.2) is 82.7 Å². The summed E-state index contributed by atoms with van der Waals surface area (Å²) >= 11 is 1.44. The number of thiazole rings is 1. The van der Waals surface area contributed by atoms with Crippen LogP contribution in [0.2, 0.25) is 0 Å². The summed E-state index contributed by atoms with van der Waals surface area (Å²) in [6.07, 6.45) is 0. The number of hydrogen-bond donors (Lipinski definition) is 1. The van der Waals surface area contributed by atoms with Crippen molar-refractivity contribution in [2.24, 2.45) is 4.99 Å². The minimum absolute atomic E-state index is 0.106. The molecule has 8 nitrogen and oxygen atoms in total. The SMILES string of the molecule is CCOCCn1c(=NC(=O)c2ccc(NS(=O)(=O)c3ccc(OC)cc3)cc2)sc2ccccc21. The van der Waals surface area contributed by atoms with Crippen LogP contribution in [-0.4, -0.2) is 39.2 Å². The van der Waals surface area contributed by atoms with E-state index in [1.165, 1.54) is 42.7 Å². The summed E-state index contributed by atoms with van der Waals surface area (Å²) in [6.45, 7) is 3.65. The minimum atomic E-state index is -3.78. The third-order valence-electron chi connectivity index (χ3n) is 5.20. The lowest BCUT2D eigenvalue weighted by Crippen LogP contribution is -2.19. The van der Waals surface area contributed by atoms with Crippen molar-refractivity contribution in [3.05, 3.63) is 83.2 Å². The number of carbonyl (C=O) groups is 1. The first-order chi connectivity index (χ1) is 16.9. The summed E-state index contributed by atoms with van der Waals surface area (Å²) in [5.74, 6) is 0.152. The normalized spacial score (nSPS) is 12.1. The van der Waals surface area contributed by atoms with E-state index < -0.39 is 15.9 Å². The number of anilines is 1. The van der Waals surface area contributed by atoms with Crippen LogP contribution in [0.5, 0.6) is 5.75 Å². The number of ether oxygens (including phenoxy) is 2. The number of hydrogen-bond acceptors (Lipinski definition) is 6. The number of fused-ring (bicyclic) bond motifs is 1. The van der Waals surface area contributed by atoms with Gasteiger partial charge in [0.25, 0.3) is 15.9 Å². The third-order valence-corrected chi connectivity index (χ3v) is 7.66. The minimum Gasteiger partial charge on any atom is -0.497 e. The van der Waals surface area contributed by atoms with Gasteiger partial charge >= 0.3 is 0 Å². The van der Waals surface area contributed by atoms with Gasteiger partial charge in [-0.05, 0) is 67.6 Å². The molecule has 35 heavy (non-hydrogen) atoms. The topological polar surface area (TPSA) is 99.0 Å². The first-order valence-corrected chi connectivity index (χ1v) is 13.2. The van der Waals surface area contributed by atoms with Crippen molar-refractivity contribution < 1.29 is 22.7 Å². The van der Waals surface area contributed by atoms with Gasteiger partial charge in [-0.2, -0.15) is 4.99 Å². The van der Waals surface area contributed by atoms with Crippen molar-refractivity contribution in [1.82, 2.24) is 4.57 Å². The Labute approximate surface area is 207 Å². The lowest BCUT2D eigenvalue weighted by atomic mass is 10.2. The van der Waals surface area contributed by atoms with Gasteiger partial charge in [-0.1, -0.05) is 23.5 Å². The highest BCUT2D eigenvalue weighted by Crippen LogP contribution is 2.20. The number of para-hydroxylation sites is 1. The maximum absolute atomic E-state index is 12.9. The summed E-state index contributed by atoms with van der Waals surface area (Å²) in [6, 6.07) is 20.1. The zero-order valence-corrected chi connectivity index (χ0v) is 20.9. The molecule has 0 atom stereocenters. The van der Waals surface area contributed by atoms with Crippen molar-refractivity contribution in [3.8, 4) is 5.75 Å². The first-order valence-electron chi connectivity index (χ1n) is 10.9. The van der Waals surface area contributed by atoms with Crippen molar-refractivity contribution in [3.63, 3.8) is 0 Å². The molecule has 0 aliphatic heterocycles. The molecule has 4 rings (SSSR count). The Morgan fingerprint density at radius 3 is 2.43 bits per heavy atom. The Bertz CT molecular complexity index is 1490. The molecule has 0 fully saturated rings. The van der Waals surface area contributed by atoms with E-state index >= 15 is 0 Å². The van der Waals surface area contributed by atoms with E-state index in [9.17, 15) is 13.2 Å². The Kier molecular flexibility index (Phi) is 7.64. The third kappa shape index (κ3) is 5.79. The lowest BCUT2D eigenvalue weighted by molar-refractivity contribution is 0.0996. The van der Waals surface area contributed by atoms with E-state index in [4.69, 9.17) is 9.47 Å². The van der Waals surface area contributed by atoms with E-state index in [1.807, 2.05) is 35.8 Å². The second-order valence-electron chi connectivity index (χ2n) is 7.48. The number of amides is 1. The van der Waals surface area contributed by atoms with Crippen molar-refractivity contribution in [1.29, 1.82) is 0 Å². The molecule has 0 bridgehead atoms. The van der Waals surface area contributed by atoms with Gasteiger partial charge in [0, 0.05) is 24.4 Å². The average molecular weight is 512 g/mol. The number of nitrogens with zero attached hydrogens (tertiary/aromatic N) is 2. The molecule has 1 amide bonds. The second-order valence-corrected chi connectivity index (χ2v) is 10.2. The predicted octanol–water partition coefficient (Wildman–Crippen LogP) is 4.29. The maximum Gasteiger partial charge on any atom is 0.279 e. The molecular weight excluding hydrogens is 486 g/mol. The molecule has 1 N–H and O–H groups in total. The highest BCUT2D eigenvalue weighted by Gasteiger charge is 2.15. The smallest absolute Gasteiger partial charge is 0.279 e. The van der Waals surface area contributed by atoms with Crippen LogP contribution < -0.4 is 14.3 Å². The van der Waals surface area contributed by atoms with Gasteiger partial charge in [-0.3, -0.25) is 9.52 Å². The molecule has 4 aromatic rings. The second kappa shape index (κ2) is 10.9. The molecule has 0 radical (unpaired) electrons. The number of methoxy groups -OCH3 is 1. The van der Waals surface area contributed by atoms with Gasteiger partial charge in [0.1, 0.15) is 5.75 Å². The Balaban J connectivity index is 1.55. The zero-order chi connectivity index (χ0) is 24.8. The molecule has 182 valence electrons. The molecule has 0 aliphatic rings. The number of aromatic nitrogens is 1. The largest absolute Gasteiger partial charge is 0.497 e. The van der Waals surface area contributed by atoms with E-state index in [0.29, 0.717) is 41.6 Å². The van der Waals surface area contributed by atoms with E-state index in [0.717, 1.165) is 10.2 Å². The molecule has 1 aromatic heterocycles. The van der Waals surface area contributed by atoms with E-state index in [2.05, 4.69) is 9.71 Å². The fraction of sp³-hybridized carbons (Fsp3) is 0.200. The van der Waals surface area contributed by atoms with Crippen molar-refractivity contribution in [2.75, 3.05) is 25.0 Å². The predicted molar refractivity (Wildman–Crippen MR) is 136 cm³/mol. The van der Waals surface area contributed by atoms with Gasteiger partial charge in [0.15, 0.2) is 4.80 Å². The average Bonchev–Trinajstić information content (AvgIpc) is 3.21. The molecule has 3 aromatic carbocycles. The maximum atomic E-state index is 12.9. The number of benzene rings is 3. The summed E-state index contributed by atoms with van der Waals surface area (Å²) < 4.78 is 41.4. The van der Waals surface area contributed by atoms with Crippen LogP contribution in [0.3, 0.4) is 0 Å². The standard InChI is InChI=1S/C25H25N3O5S2/c1-3-33-17-16-28-22-6-4-5-7-23(22)34-25(28)26-24(29)18-8-10-19(11-9-18)27-35(30,31)21-14-12-20(32-2)13-15-21/h4-15,27H,3,16-17H2,1-2H3. The Morgan fingerprint density at radius 1 is 1.03 bits per heavy atom. The van der Waals surface area contributed by atoms with Gasteiger partial charge in [0.2, 0.25) is 0 Å². The van der Waals surface area contributed by atoms with Gasteiger partial charge in [0.05, 0.1) is 28.8 Å². The summed E-state index contributed by atoms with van der Waals surface area (Å²) in [5, 5.41) is 0.